The van der Waals surface area contributed by atoms with Gasteiger partial charge in [-0.15, -0.1) is 11.3 Å². The van der Waals surface area contributed by atoms with Crippen LogP contribution in [0.15, 0.2) is 24.3 Å². The van der Waals surface area contributed by atoms with Crippen molar-refractivity contribution in [3.63, 3.8) is 0 Å². The Hall–Kier alpha value is -0.930. The van der Waals surface area contributed by atoms with Gasteiger partial charge in [-0.2, -0.15) is 0 Å². The van der Waals surface area contributed by atoms with Crippen LogP contribution in [0, 0.1) is 0 Å². The second-order valence-corrected chi connectivity index (χ2v) is 5.90. The molecule has 1 unspecified atom stereocenters. The highest BCUT2D eigenvalue weighted by Crippen LogP contribution is 2.23. The number of nitrogens with zero attached hydrogens (tertiary/aromatic N) is 1. The van der Waals surface area contributed by atoms with Crippen molar-refractivity contribution in [1.82, 2.24) is 4.98 Å². The average molecular weight is 263 g/mol. The number of thiazole rings is 1. The van der Waals surface area contributed by atoms with Gasteiger partial charge in [0.05, 0.1) is 21.3 Å². The van der Waals surface area contributed by atoms with Crippen molar-refractivity contribution in [1.29, 1.82) is 0 Å². The summed E-state index contributed by atoms with van der Waals surface area (Å²) in [5, 5.41) is 11.0. The van der Waals surface area contributed by atoms with Crippen molar-refractivity contribution in [2.24, 2.45) is 0 Å². The van der Waals surface area contributed by atoms with E-state index in [0.29, 0.717) is 6.42 Å². The van der Waals surface area contributed by atoms with Gasteiger partial charge >= 0.3 is 0 Å². The van der Waals surface area contributed by atoms with Crippen molar-refractivity contribution in [3.05, 3.63) is 29.3 Å². The lowest BCUT2D eigenvalue weighted by molar-refractivity contribution is 0.161. The van der Waals surface area contributed by atoms with E-state index >= 15 is 0 Å². The maximum atomic E-state index is 9.99. The molecule has 18 heavy (non-hydrogen) atoms. The summed E-state index contributed by atoms with van der Waals surface area (Å²) in [6, 6.07) is 8.16. The molecule has 3 heteroatoms. The minimum Gasteiger partial charge on any atom is -0.393 e. The van der Waals surface area contributed by atoms with Gasteiger partial charge in [-0.05, 0) is 18.6 Å². The van der Waals surface area contributed by atoms with Crippen LogP contribution >= 0.6 is 11.3 Å². The van der Waals surface area contributed by atoms with Crippen LogP contribution in [-0.2, 0) is 6.42 Å². The summed E-state index contributed by atoms with van der Waals surface area (Å²) in [6.45, 7) is 2.21. The van der Waals surface area contributed by atoms with Crippen LogP contribution in [-0.4, -0.2) is 16.2 Å². The zero-order valence-electron chi connectivity index (χ0n) is 10.9. The predicted molar refractivity (Wildman–Crippen MR) is 78.1 cm³/mol. The van der Waals surface area contributed by atoms with Crippen molar-refractivity contribution in [3.8, 4) is 0 Å². The SMILES string of the molecule is CCCCCCC(O)Cc1nc2ccccc2s1. The Morgan fingerprint density at radius 2 is 2.06 bits per heavy atom. The van der Waals surface area contributed by atoms with Gasteiger partial charge in [-0.1, -0.05) is 44.7 Å². The Kier molecular flexibility index (Phi) is 5.14. The average Bonchev–Trinajstić information content (AvgIpc) is 2.76. The molecule has 2 aromatic rings. The van der Waals surface area contributed by atoms with E-state index < -0.39 is 0 Å². The molecule has 0 aliphatic rings. The van der Waals surface area contributed by atoms with Crippen LogP contribution in [0.2, 0.25) is 0 Å². The molecule has 1 aromatic carbocycles. The summed E-state index contributed by atoms with van der Waals surface area (Å²) in [6.07, 6.45) is 6.23. The second kappa shape index (κ2) is 6.86. The van der Waals surface area contributed by atoms with Gasteiger partial charge in [0.2, 0.25) is 0 Å². The molecular weight excluding hydrogens is 242 g/mol. The Balaban J connectivity index is 1.84. The lowest BCUT2D eigenvalue weighted by Crippen LogP contribution is -2.09. The standard InChI is InChI=1S/C15H21NOS/c1-2-3-4-5-8-12(17)11-15-16-13-9-6-7-10-14(13)18-15/h6-7,9-10,12,17H,2-5,8,11H2,1H3. The van der Waals surface area contributed by atoms with E-state index in [9.17, 15) is 5.11 Å². The molecular formula is C15H21NOS. The molecule has 0 saturated carbocycles. The van der Waals surface area contributed by atoms with Gasteiger partial charge in [-0.25, -0.2) is 4.98 Å². The van der Waals surface area contributed by atoms with Crippen LogP contribution in [0.1, 0.15) is 44.0 Å². The quantitative estimate of drug-likeness (QED) is 0.760. The Morgan fingerprint density at radius 1 is 1.22 bits per heavy atom. The van der Waals surface area contributed by atoms with E-state index in [1.54, 1.807) is 11.3 Å². The van der Waals surface area contributed by atoms with E-state index in [1.807, 2.05) is 18.2 Å². The Bertz CT molecular complexity index is 447. The maximum absolute atomic E-state index is 9.99. The number of benzene rings is 1. The third-order valence-electron chi connectivity index (χ3n) is 3.14. The number of rotatable bonds is 7. The maximum Gasteiger partial charge on any atom is 0.0964 e. The molecule has 0 aliphatic carbocycles. The fourth-order valence-corrected chi connectivity index (χ4v) is 3.16. The number of aliphatic hydroxyl groups excluding tert-OH is 1. The van der Waals surface area contributed by atoms with Crippen LogP contribution in [0.5, 0.6) is 0 Å². The molecule has 0 aliphatic heterocycles. The van der Waals surface area contributed by atoms with E-state index in [2.05, 4.69) is 18.0 Å². The predicted octanol–water partition coefficient (Wildman–Crippen LogP) is 4.17. The highest BCUT2D eigenvalue weighted by Gasteiger charge is 2.09. The number of aliphatic hydroxyl groups is 1. The highest BCUT2D eigenvalue weighted by molar-refractivity contribution is 7.18. The molecule has 0 fully saturated rings. The lowest BCUT2D eigenvalue weighted by atomic mass is 10.1. The van der Waals surface area contributed by atoms with Gasteiger partial charge in [0, 0.05) is 6.42 Å². The van der Waals surface area contributed by atoms with Crippen LogP contribution in [0.25, 0.3) is 10.2 Å². The summed E-state index contributed by atoms with van der Waals surface area (Å²) in [4.78, 5) is 4.56. The van der Waals surface area contributed by atoms with Gasteiger partial charge in [0.15, 0.2) is 0 Å². The second-order valence-electron chi connectivity index (χ2n) is 4.78. The molecule has 0 amide bonds. The van der Waals surface area contributed by atoms with Gasteiger partial charge in [-0.3, -0.25) is 0 Å². The zero-order chi connectivity index (χ0) is 12.8. The van der Waals surface area contributed by atoms with Gasteiger partial charge in [0.1, 0.15) is 0 Å². The minimum atomic E-state index is -0.234. The molecule has 0 radical (unpaired) electrons. The van der Waals surface area contributed by atoms with Crippen LogP contribution in [0.4, 0.5) is 0 Å². The normalized spacial score (nSPS) is 13.0. The molecule has 0 spiro atoms. The lowest BCUT2D eigenvalue weighted by Gasteiger charge is -2.07. The first-order valence-corrected chi connectivity index (χ1v) is 7.63. The van der Waals surface area contributed by atoms with Crippen LogP contribution < -0.4 is 0 Å². The fourth-order valence-electron chi connectivity index (χ4n) is 2.12. The first-order chi connectivity index (χ1) is 8.79. The van der Waals surface area contributed by atoms with E-state index in [-0.39, 0.29) is 6.10 Å². The first kappa shape index (κ1) is 13.5. The Morgan fingerprint density at radius 3 is 2.83 bits per heavy atom. The topological polar surface area (TPSA) is 33.1 Å². The number of hydrogen-bond acceptors (Lipinski definition) is 3. The molecule has 1 atom stereocenters. The summed E-state index contributed by atoms with van der Waals surface area (Å²) < 4.78 is 1.21. The fraction of sp³-hybridized carbons (Fsp3) is 0.533. The van der Waals surface area contributed by atoms with Crippen molar-refractivity contribution in [2.75, 3.05) is 0 Å². The van der Waals surface area contributed by atoms with Gasteiger partial charge < -0.3 is 5.11 Å². The van der Waals surface area contributed by atoms with Crippen LogP contribution in [0.3, 0.4) is 0 Å². The van der Waals surface area contributed by atoms with Crippen molar-refractivity contribution < 1.29 is 5.11 Å². The molecule has 1 heterocycles. The largest absolute Gasteiger partial charge is 0.393 e. The number of aromatic nitrogens is 1. The third-order valence-corrected chi connectivity index (χ3v) is 4.20. The minimum absolute atomic E-state index is 0.234. The number of para-hydroxylation sites is 1. The zero-order valence-corrected chi connectivity index (χ0v) is 11.7. The smallest absolute Gasteiger partial charge is 0.0964 e. The number of unbranched alkanes of at least 4 members (excludes halogenated alkanes) is 3. The third kappa shape index (κ3) is 3.79. The summed E-state index contributed by atoms with van der Waals surface area (Å²) >= 11 is 1.70. The molecule has 1 N–H and O–H groups in total. The summed E-state index contributed by atoms with van der Waals surface area (Å²) in [5.74, 6) is 0. The number of fused-ring (bicyclic) bond motifs is 1. The van der Waals surface area contributed by atoms with Gasteiger partial charge in [0.25, 0.3) is 0 Å². The monoisotopic (exact) mass is 263 g/mol. The highest BCUT2D eigenvalue weighted by atomic mass is 32.1. The first-order valence-electron chi connectivity index (χ1n) is 6.82. The molecule has 2 nitrogen and oxygen atoms in total. The van der Waals surface area contributed by atoms with Crippen molar-refractivity contribution in [2.45, 2.75) is 51.6 Å². The molecule has 0 bridgehead atoms. The van der Waals surface area contributed by atoms with E-state index in [0.717, 1.165) is 23.4 Å². The summed E-state index contributed by atoms with van der Waals surface area (Å²) in [5.41, 5.74) is 1.05. The molecule has 2 rings (SSSR count). The van der Waals surface area contributed by atoms with E-state index in [1.165, 1.54) is 24.0 Å². The molecule has 1 aromatic heterocycles. The Labute approximate surface area is 113 Å². The summed E-state index contributed by atoms with van der Waals surface area (Å²) in [7, 11) is 0. The van der Waals surface area contributed by atoms with Crippen molar-refractivity contribution >= 4 is 21.6 Å². The van der Waals surface area contributed by atoms with E-state index in [4.69, 9.17) is 0 Å². The molecule has 98 valence electrons. The molecule has 0 saturated heterocycles. The number of hydrogen-bond donors (Lipinski definition) is 1.